The van der Waals surface area contributed by atoms with Crippen LogP contribution in [-0.2, 0) is 10.1 Å². The molecule has 1 rings (SSSR count). The second-order valence-corrected chi connectivity index (χ2v) is 6.22. The van der Waals surface area contributed by atoms with Crippen molar-refractivity contribution in [3.63, 3.8) is 0 Å². The van der Waals surface area contributed by atoms with Crippen molar-refractivity contribution in [2.45, 2.75) is 25.7 Å². The molecule has 0 aliphatic heterocycles. The summed E-state index contributed by atoms with van der Waals surface area (Å²) in [6.45, 7) is 8.77. The third-order valence-electron chi connectivity index (χ3n) is 3.29. The van der Waals surface area contributed by atoms with E-state index in [1.165, 1.54) is 12.1 Å². The van der Waals surface area contributed by atoms with Crippen LogP contribution in [0.15, 0.2) is 29.2 Å². The minimum atomic E-state index is -4.27. The molecule has 0 N–H and O–H groups in total. The summed E-state index contributed by atoms with van der Waals surface area (Å²) >= 11 is 0. The predicted octanol–water partition coefficient (Wildman–Crippen LogP) is 1.90. The third kappa shape index (κ3) is 6.66. The van der Waals surface area contributed by atoms with E-state index in [4.69, 9.17) is 5.26 Å². The van der Waals surface area contributed by atoms with Crippen LogP contribution >= 0.6 is 0 Å². The predicted molar refractivity (Wildman–Crippen MR) is 76.9 cm³/mol. The third-order valence-corrected chi connectivity index (χ3v) is 4.14. The lowest BCUT2D eigenvalue weighted by atomic mass is 10.2. The molecule has 0 amide bonds. The number of nitriles is 1. The largest absolute Gasteiger partial charge is 0.744 e. The van der Waals surface area contributed by atoms with Crippen LogP contribution in [-0.4, -0.2) is 44.1 Å². The van der Waals surface area contributed by atoms with E-state index in [0.717, 1.165) is 23.1 Å². The standard InChI is InChI=1S/C7H15N2.C7H8O3S/c1-4-9(3,5-2)7-6-8;1-6-2-4-7(5-3-6)11(8,9)10/h4-5,7H2,1-3H3;2-5H,1H3,(H,8,9,10)/q+1;/p-1. The molecule has 0 saturated heterocycles. The Labute approximate surface area is 121 Å². The highest BCUT2D eigenvalue weighted by Gasteiger charge is 2.13. The van der Waals surface area contributed by atoms with Crippen molar-refractivity contribution in [3.05, 3.63) is 29.8 Å². The molecular weight excluding hydrogens is 276 g/mol. The number of hydrogen-bond acceptors (Lipinski definition) is 4. The van der Waals surface area contributed by atoms with Gasteiger partial charge in [0.1, 0.15) is 16.2 Å². The summed E-state index contributed by atoms with van der Waals surface area (Å²) in [6.07, 6.45) is 0. The summed E-state index contributed by atoms with van der Waals surface area (Å²) in [5, 5.41) is 8.40. The second kappa shape index (κ2) is 8.00. The van der Waals surface area contributed by atoms with Crippen LogP contribution in [0, 0.1) is 18.3 Å². The van der Waals surface area contributed by atoms with Crippen LogP contribution in [0.1, 0.15) is 19.4 Å². The minimum Gasteiger partial charge on any atom is -0.744 e. The first-order chi connectivity index (χ1) is 9.18. The van der Waals surface area contributed by atoms with Gasteiger partial charge in [-0.15, -0.1) is 0 Å². The molecule has 0 spiro atoms. The Morgan fingerprint density at radius 2 is 1.65 bits per heavy atom. The van der Waals surface area contributed by atoms with Crippen LogP contribution in [0.3, 0.4) is 0 Å². The molecule has 0 bridgehead atoms. The first-order valence-electron chi connectivity index (χ1n) is 6.41. The molecule has 1 aromatic carbocycles. The topological polar surface area (TPSA) is 81.0 Å². The van der Waals surface area contributed by atoms with Crippen LogP contribution < -0.4 is 0 Å². The van der Waals surface area contributed by atoms with Crippen molar-refractivity contribution in [3.8, 4) is 6.07 Å². The van der Waals surface area contributed by atoms with E-state index >= 15 is 0 Å². The highest BCUT2D eigenvalue weighted by molar-refractivity contribution is 7.85. The van der Waals surface area contributed by atoms with E-state index in [2.05, 4.69) is 27.0 Å². The summed E-state index contributed by atoms with van der Waals surface area (Å²) < 4.78 is 32.0. The lowest BCUT2D eigenvalue weighted by Gasteiger charge is -2.28. The van der Waals surface area contributed by atoms with Crippen LogP contribution in [0.4, 0.5) is 0 Å². The number of hydrogen-bond donors (Lipinski definition) is 0. The molecule has 6 heteroatoms. The molecule has 0 radical (unpaired) electrons. The summed E-state index contributed by atoms with van der Waals surface area (Å²) in [6, 6.07) is 7.96. The zero-order chi connectivity index (χ0) is 15.8. The first kappa shape index (κ1) is 18.6. The van der Waals surface area contributed by atoms with Gasteiger partial charge in [0.2, 0.25) is 0 Å². The molecule has 0 unspecified atom stereocenters. The van der Waals surface area contributed by atoms with Crippen molar-refractivity contribution in [2.75, 3.05) is 26.7 Å². The van der Waals surface area contributed by atoms with Gasteiger partial charge in [-0.2, -0.15) is 5.26 Å². The van der Waals surface area contributed by atoms with E-state index in [0.29, 0.717) is 6.54 Å². The average molecular weight is 298 g/mol. The fourth-order valence-corrected chi connectivity index (χ4v) is 1.79. The number of aryl methyl sites for hydroxylation is 1. The van der Waals surface area contributed by atoms with Crippen molar-refractivity contribution in [1.29, 1.82) is 5.26 Å². The van der Waals surface area contributed by atoms with Gasteiger partial charge in [-0.1, -0.05) is 17.7 Å². The monoisotopic (exact) mass is 298 g/mol. The Morgan fingerprint density at radius 1 is 1.20 bits per heavy atom. The highest BCUT2D eigenvalue weighted by atomic mass is 32.2. The molecule has 0 atom stereocenters. The molecule has 0 saturated carbocycles. The lowest BCUT2D eigenvalue weighted by molar-refractivity contribution is -0.899. The van der Waals surface area contributed by atoms with Gasteiger partial charge in [-0.25, -0.2) is 8.42 Å². The Hall–Kier alpha value is -1.42. The zero-order valence-electron chi connectivity index (χ0n) is 12.5. The minimum absolute atomic E-state index is 0.178. The van der Waals surface area contributed by atoms with Crippen molar-refractivity contribution in [2.24, 2.45) is 0 Å². The van der Waals surface area contributed by atoms with Crippen molar-refractivity contribution >= 4 is 10.1 Å². The molecule has 0 heterocycles. The van der Waals surface area contributed by atoms with Crippen LogP contribution in [0.2, 0.25) is 0 Å². The van der Waals surface area contributed by atoms with E-state index in [-0.39, 0.29) is 4.90 Å². The summed E-state index contributed by atoms with van der Waals surface area (Å²) in [5.74, 6) is 0. The first-order valence-corrected chi connectivity index (χ1v) is 7.82. The Balaban J connectivity index is 0.000000370. The fraction of sp³-hybridized carbons (Fsp3) is 0.500. The molecule has 112 valence electrons. The van der Waals surface area contributed by atoms with E-state index in [9.17, 15) is 13.0 Å². The smallest absolute Gasteiger partial charge is 0.166 e. The number of rotatable bonds is 4. The van der Waals surface area contributed by atoms with Gasteiger partial charge in [0.25, 0.3) is 0 Å². The number of nitrogens with zero attached hydrogens (tertiary/aromatic N) is 2. The van der Waals surface area contributed by atoms with Gasteiger partial charge < -0.3 is 9.04 Å². The summed E-state index contributed by atoms with van der Waals surface area (Å²) in [7, 11) is -2.17. The van der Waals surface area contributed by atoms with E-state index < -0.39 is 10.1 Å². The summed E-state index contributed by atoms with van der Waals surface area (Å²) in [5.41, 5.74) is 0.928. The molecule has 1 aromatic rings. The molecule has 0 aliphatic carbocycles. The van der Waals surface area contributed by atoms with Crippen molar-refractivity contribution < 1.29 is 17.5 Å². The van der Waals surface area contributed by atoms with Gasteiger partial charge >= 0.3 is 0 Å². The SMILES string of the molecule is CC[N+](C)(CC)CC#N.Cc1ccc(S(=O)(=O)[O-])cc1. The fourth-order valence-electron chi connectivity index (χ4n) is 1.32. The normalized spacial score (nSPS) is 11.2. The molecule has 5 nitrogen and oxygen atoms in total. The van der Waals surface area contributed by atoms with E-state index in [1.54, 1.807) is 12.1 Å². The Kier molecular flexibility index (Phi) is 7.43. The number of quaternary nitrogens is 1. The van der Waals surface area contributed by atoms with E-state index in [1.807, 2.05) is 6.92 Å². The Morgan fingerprint density at radius 3 is 1.90 bits per heavy atom. The lowest BCUT2D eigenvalue weighted by Crippen LogP contribution is -2.43. The molecule has 0 aromatic heterocycles. The Bertz CT molecular complexity index is 541. The molecule has 20 heavy (non-hydrogen) atoms. The molecular formula is C14H22N2O3S. The zero-order valence-corrected chi connectivity index (χ0v) is 13.3. The van der Waals surface area contributed by atoms with Gasteiger partial charge in [-0.3, -0.25) is 0 Å². The maximum Gasteiger partial charge on any atom is 0.166 e. The molecule has 0 aliphatic rings. The summed E-state index contributed by atoms with van der Waals surface area (Å²) in [4.78, 5) is -0.178. The van der Waals surface area contributed by atoms with Crippen LogP contribution in [0.25, 0.3) is 0 Å². The average Bonchev–Trinajstić information content (AvgIpc) is 2.39. The van der Waals surface area contributed by atoms with Crippen molar-refractivity contribution in [1.82, 2.24) is 0 Å². The quantitative estimate of drug-likeness (QED) is 0.483. The maximum atomic E-state index is 10.4. The van der Waals surface area contributed by atoms with Gasteiger partial charge in [0.15, 0.2) is 6.54 Å². The maximum absolute atomic E-state index is 10.4. The van der Waals surface area contributed by atoms with Gasteiger partial charge in [0.05, 0.1) is 25.0 Å². The van der Waals surface area contributed by atoms with Crippen LogP contribution in [0.5, 0.6) is 0 Å². The molecule has 0 fully saturated rings. The highest BCUT2D eigenvalue weighted by Crippen LogP contribution is 2.08. The van der Waals surface area contributed by atoms with Gasteiger partial charge in [-0.05, 0) is 32.9 Å². The number of benzene rings is 1. The second-order valence-electron chi connectivity index (χ2n) is 4.84. The van der Waals surface area contributed by atoms with Gasteiger partial charge in [0, 0.05) is 0 Å².